The molecule has 0 bridgehead atoms. The highest BCUT2D eigenvalue weighted by Gasteiger charge is 2.32. The molecule has 3 aromatic carbocycles. The van der Waals surface area contributed by atoms with E-state index in [0.717, 1.165) is 47.9 Å². The number of nitrogens with one attached hydrogen (secondary N) is 1. The highest BCUT2D eigenvalue weighted by Crippen LogP contribution is 2.21. The summed E-state index contributed by atoms with van der Waals surface area (Å²) in [5, 5.41) is 3.28. The molecule has 0 spiro atoms. The Balaban J connectivity index is 1.59. The topological polar surface area (TPSA) is 58.6 Å². The van der Waals surface area contributed by atoms with Crippen LogP contribution in [0.5, 0.6) is 5.75 Å². The van der Waals surface area contributed by atoms with Crippen molar-refractivity contribution in [1.29, 1.82) is 0 Å². The van der Waals surface area contributed by atoms with Crippen LogP contribution in [-0.4, -0.2) is 35.4 Å². The summed E-state index contributed by atoms with van der Waals surface area (Å²) >= 11 is 0. The SMILES string of the molecule is Cc1cc(C)cc(OCC(=O)N(Cc2ccccc2)[C@@H](Cc2ccccc2)C(=O)NC2CCCCC2)c1. The van der Waals surface area contributed by atoms with Crippen LogP contribution in [0.3, 0.4) is 0 Å². The molecule has 1 atom stereocenters. The number of benzene rings is 3. The third-order valence-electron chi connectivity index (χ3n) is 6.98. The molecule has 194 valence electrons. The Morgan fingerprint density at radius 2 is 1.46 bits per heavy atom. The average molecular weight is 499 g/mol. The molecule has 1 N–H and O–H groups in total. The molecular formula is C32H38N2O3. The smallest absolute Gasteiger partial charge is 0.261 e. The monoisotopic (exact) mass is 498 g/mol. The predicted octanol–water partition coefficient (Wildman–Crippen LogP) is 5.77. The van der Waals surface area contributed by atoms with Gasteiger partial charge in [-0.05, 0) is 61.1 Å². The van der Waals surface area contributed by atoms with Gasteiger partial charge in [-0.25, -0.2) is 0 Å². The van der Waals surface area contributed by atoms with Gasteiger partial charge >= 0.3 is 0 Å². The number of hydrogen-bond donors (Lipinski definition) is 1. The number of ether oxygens (including phenoxy) is 1. The van der Waals surface area contributed by atoms with Crippen molar-refractivity contribution in [2.75, 3.05) is 6.61 Å². The van der Waals surface area contributed by atoms with E-state index in [1.807, 2.05) is 86.6 Å². The lowest BCUT2D eigenvalue weighted by molar-refractivity contribution is -0.143. The van der Waals surface area contributed by atoms with E-state index in [9.17, 15) is 9.59 Å². The van der Waals surface area contributed by atoms with Gasteiger partial charge in [0.25, 0.3) is 5.91 Å². The van der Waals surface area contributed by atoms with Crippen molar-refractivity contribution in [1.82, 2.24) is 10.2 Å². The Hall–Kier alpha value is -3.60. The van der Waals surface area contributed by atoms with Gasteiger partial charge in [0.15, 0.2) is 6.61 Å². The van der Waals surface area contributed by atoms with Crippen LogP contribution in [0.15, 0.2) is 78.9 Å². The first-order valence-corrected chi connectivity index (χ1v) is 13.4. The van der Waals surface area contributed by atoms with Crippen molar-refractivity contribution in [2.24, 2.45) is 0 Å². The largest absolute Gasteiger partial charge is 0.484 e. The zero-order chi connectivity index (χ0) is 26.0. The third kappa shape index (κ3) is 7.94. The minimum atomic E-state index is -0.639. The second-order valence-corrected chi connectivity index (χ2v) is 10.2. The van der Waals surface area contributed by atoms with Gasteiger partial charge in [-0.15, -0.1) is 0 Å². The molecular weight excluding hydrogens is 460 g/mol. The van der Waals surface area contributed by atoms with E-state index in [-0.39, 0.29) is 24.5 Å². The molecule has 1 aliphatic carbocycles. The summed E-state index contributed by atoms with van der Waals surface area (Å²) in [5.41, 5.74) is 4.16. The molecule has 1 fully saturated rings. The fourth-order valence-electron chi connectivity index (χ4n) is 5.12. The van der Waals surface area contributed by atoms with Crippen LogP contribution in [-0.2, 0) is 22.6 Å². The summed E-state index contributed by atoms with van der Waals surface area (Å²) in [4.78, 5) is 29.2. The van der Waals surface area contributed by atoms with Crippen LogP contribution in [0.2, 0.25) is 0 Å². The Morgan fingerprint density at radius 3 is 2.08 bits per heavy atom. The number of aryl methyl sites for hydroxylation is 2. The van der Waals surface area contributed by atoms with E-state index >= 15 is 0 Å². The standard InChI is InChI=1S/C32H38N2O3/c1-24-18-25(2)20-29(19-24)37-23-31(35)34(22-27-14-8-4-9-15-27)30(21-26-12-6-3-7-13-26)32(36)33-28-16-10-5-11-17-28/h3-4,6-9,12-15,18-20,28,30H,5,10-11,16-17,21-23H2,1-2H3,(H,33,36)/t30-/m0/s1. The Bertz CT molecular complexity index is 1140. The summed E-state index contributed by atoms with van der Waals surface area (Å²) in [5.74, 6) is 0.367. The van der Waals surface area contributed by atoms with Crippen LogP contribution in [0.25, 0.3) is 0 Å². The molecule has 1 aliphatic rings. The maximum Gasteiger partial charge on any atom is 0.261 e. The lowest BCUT2D eigenvalue weighted by atomic mass is 9.94. The Morgan fingerprint density at radius 1 is 0.865 bits per heavy atom. The van der Waals surface area contributed by atoms with Gasteiger partial charge in [-0.2, -0.15) is 0 Å². The number of amides is 2. The predicted molar refractivity (Wildman–Crippen MR) is 147 cm³/mol. The highest BCUT2D eigenvalue weighted by atomic mass is 16.5. The molecule has 0 saturated heterocycles. The zero-order valence-electron chi connectivity index (χ0n) is 22.0. The maximum atomic E-state index is 13.8. The van der Waals surface area contributed by atoms with Gasteiger partial charge in [-0.1, -0.05) is 86.0 Å². The summed E-state index contributed by atoms with van der Waals surface area (Å²) in [6.45, 7) is 4.23. The maximum absolute atomic E-state index is 13.8. The van der Waals surface area contributed by atoms with E-state index in [2.05, 4.69) is 11.4 Å². The number of hydrogen-bond acceptors (Lipinski definition) is 3. The molecule has 1 saturated carbocycles. The van der Waals surface area contributed by atoms with Gasteiger partial charge in [-0.3, -0.25) is 9.59 Å². The van der Waals surface area contributed by atoms with Gasteiger partial charge in [0.2, 0.25) is 5.91 Å². The van der Waals surface area contributed by atoms with Gasteiger partial charge in [0, 0.05) is 19.0 Å². The normalized spacial score (nSPS) is 14.5. The average Bonchev–Trinajstić information content (AvgIpc) is 2.90. The van der Waals surface area contributed by atoms with E-state index in [0.29, 0.717) is 18.7 Å². The first kappa shape index (κ1) is 26.5. The van der Waals surface area contributed by atoms with Crippen molar-refractivity contribution in [2.45, 2.75) is 71.0 Å². The first-order valence-electron chi connectivity index (χ1n) is 13.4. The molecule has 2 amide bonds. The van der Waals surface area contributed by atoms with Crippen molar-refractivity contribution in [3.05, 3.63) is 101 Å². The molecule has 3 aromatic rings. The molecule has 0 radical (unpaired) electrons. The number of carbonyl (C=O) groups is 2. The van der Waals surface area contributed by atoms with E-state index in [4.69, 9.17) is 4.74 Å². The molecule has 0 aromatic heterocycles. The molecule has 0 heterocycles. The van der Waals surface area contributed by atoms with Gasteiger partial charge in [0.05, 0.1) is 0 Å². The molecule has 0 aliphatic heterocycles. The Kier molecular flexibility index (Phi) is 9.36. The minimum absolute atomic E-state index is 0.0913. The molecule has 5 heteroatoms. The van der Waals surface area contributed by atoms with E-state index < -0.39 is 6.04 Å². The number of rotatable bonds is 10. The van der Waals surface area contributed by atoms with Crippen molar-refractivity contribution >= 4 is 11.8 Å². The van der Waals surface area contributed by atoms with E-state index in [1.165, 1.54) is 6.42 Å². The van der Waals surface area contributed by atoms with Crippen LogP contribution in [0.1, 0.15) is 54.4 Å². The van der Waals surface area contributed by atoms with Crippen LogP contribution >= 0.6 is 0 Å². The first-order chi connectivity index (χ1) is 18.0. The fraction of sp³-hybridized carbons (Fsp3) is 0.375. The summed E-state index contributed by atoms with van der Waals surface area (Å²) < 4.78 is 5.96. The second-order valence-electron chi connectivity index (χ2n) is 10.2. The van der Waals surface area contributed by atoms with Crippen LogP contribution in [0, 0.1) is 13.8 Å². The lowest BCUT2D eigenvalue weighted by Crippen LogP contribution is -2.53. The van der Waals surface area contributed by atoms with Gasteiger partial charge < -0.3 is 15.0 Å². The van der Waals surface area contributed by atoms with Crippen molar-refractivity contribution < 1.29 is 14.3 Å². The van der Waals surface area contributed by atoms with Crippen LogP contribution < -0.4 is 10.1 Å². The van der Waals surface area contributed by atoms with E-state index in [1.54, 1.807) is 4.90 Å². The van der Waals surface area contributed by atoms with Gasteiger partial charge in [0.1, 0.15) is 11.8 Å². The molecule has 4 rings (SSSR count). The second kappa shape index (κ2) is 13.1. The summed E-state index contributed by atoms with van der Waals surface area (Å²) in [6.07, 6.45) is 5.91. The zero-order valence-corrected chi connectivity index (χ0v) is 22.0. The molecule has 5 nitrogen and oxygen atoms in total. The minimum Gasteiger partial charge on any atom is -0.484 e. The number of carbonyl (C=O) groups excluding carboxylic acids is 2. The third-order valence-corrected chi connectivity index (χ3v) is 6.98. The fourth-order valence-corrected chi connectivity index (χ4v) is 5.12. The van der Waals surface area contributed by atoms with Crippen molar-refractivity contribution in [3.8, 4) is 5.75 Å². The summed E-state index contributed by atoms with van der Waals surface area (Å²) in [6, 6.07) is 25.2. The van der Waals surface area contributed by atoms with Crippen LogP contribution in [0.4, 0.5) is 0 Å². The highest BCUT2D eigenvalue weighted by molar-refractivity contribution is 5.88. The van der Waals surface area contributed by atoms with Crippen molar-refractivity contribution in [3.63, 3.8) is 0 Å². The quantitative estimate of drug-likeness (QED) is 0.386. The molecule has 37 heavy (non-hydrogen) atoms. The lowest BCUT2D eigenvalue weighted by Gasteiger charge is -2.33. The summed E-state index contributed by atoms with van der Waals surface area (Å²) in [7, 11) is 0. The number of nitrogens with zero attached hydrogens (tertiary/aromatic N) is 1. The Labute approximate surface area is 220 Å². The molecule has 0 unspecified atom stereocenters.